The first-order valence-electron chi connectivity index (χ1n) is 16.2. The van der Waals surface area contributed by atoms with E-state index in [1.807, 2.05) is 48.5 Å². The molecule has 4 aromatic rings. The molecule has 0 bridgehead atoms. The zero-order valence-electron chi connectivity index (χ0n) is 26.1. The van der Waals surface area contributed by atoms with Crippen molar-refractivity contribution in [3.63, 3.8) is 0 Å². The van der Waals surface area contributed by atoms with E-state index in [9.17, 15) is 19.2 Å². The normalized spacial score (nSPS) is 29.3. The van der Waals surface area contributed by atoms with Gasteiger partial charge in [0.05, 0.1) is 23.7 Å². The molecule has 4 aromatic heterocycles. The summed E-state index contributed by atoms with van der Waals surface area (Å²) in [5.74, 6) is -4.76. The molecule has 4 N–H and O–H groups in total. The first-order chi connectivity index (χ1) is 23.5. The maximum atomic E-state index is 13.9. The van der Waals surface area contributed by atoms with Crippen molar-refractivity contribution in [1.82, 2.24) is 41.2 Å². The molecule has 12 heteroatoms. The maximum absolute atomic E-state index is 13.9. The van der Waals surface area contributed by atoms with E-state index in [1.165, 1.54) is 0 Å². The van der Waals surface area contributed by atoms with E-state index in [-0.39, 0.29) is 73.5 Å². The van der Waals surface area contributed by atoms with E-state index in [4.69, 9.17) is 0 Å². The van der Waals surface area contributed by atoms with Crippen LogP contribution in [0.2, 0.25) is 0 Å². The minimum Gasteiger partial charge on any atom is -0.354 e. The van der Waals surface area contributed by atoms with Gasteiger partial charge in [-0.15, -0.1) is 0 Å². The van der Waals surface area contributed by atoms with E-state index in [0.29, 0.717) is 0 Å². The van der Waals surface area contributed by atoms with Crippen LogP contribution < -0.4 is 21.3 Å². The van der Waals surface area contributed by atoms with Gasteiger partial charge < -0.3 is 21.3 Å². The van der Waals surface area contributed by atoms with Crippen LogP contribution in [0.3, 0.4) is 0 Å². The van der Waals surface area contributed by atoms with Gasteiger partial charge in [-0.2, -0.15) is 0 Å². The summed E-state index contributed by atoms with van der Waals surface area (Å²) in [5, 5.41) is 11.9. The van der Waals surface area contributed by atoms with Crippen molar-refractivity contribution in [3.05, 3.63) is 120 Å². The maximum Gasteiger partial charge on any atom is 0.224 e. The minimum atomic E-state index is -0.656. The van der Waals surface area contributed by atoms with Gasteiger partial charge in [0.1, 0.15) is 0 Å². The van der Waals surface area contributed by atoms with Crippen molar-refractivity contribution in [2.75, 3.05) is 26.2 Å². The molecular weight excluding hydrogens is 608 g/mol. The first-order valence-corrected chi connectivity index (χ1v) is 16.2. The first kappa shape index (κ1) is 31.1. The third-order valence-corrected chi connectivity index (χ3v) is 10.1. The lowest BCUT2D eigenvalue weighted by molar-refractivity contribution is -0.145. The summed E-state index contributed by atoms with van der Waals surface area (Å²) < 4.78 is 0. The van der Waals surface area contributed by atoms with Gasteiger partial charge in [-0.05, 0) is 70.8 Å². The van der Waals surface area contributed by atoms with Crippen molar-refractivity contribution in [3.8, 4) is 0 Å². The van der Waals surface area contributed by atoms with E-state index in [2.05, 4.69) is 41.2 Å². The topological polar surface area (TPSA) is 168 Å². The molecule has 7 rings (SSSR count). The molecule has 4 amide bonds. The van der Waals surface area contributed by atoms with E-state index in [0.717, 1.165) is 22.3 Å². The molecule has 244 valence electrons. The van der Waals surface area contributed by atoms with Gasteiger partial charge in [0.25, 0.3) is 0 Å². The predicted octanol–water partition coefficient (Wildman–Crippen LogP) is 1.67. The highest BCUT2D eigenvalue weighted by Crippen LogP contribution is 2.59. The second-order valence-electron chi connectivity index (χ2n) is 12.5. The van der Waals surface area contributed by atoms with Crippen molar-refractivity contribution in [2.24, 2.45) is 23.7 Å². The van der Waals surface area contributed by atoms with Crippen molar-refractivity contribution in [2.45, 2.75) is 23.7 Å². The van der Waals surface area contributed by atoms with Gasteiger partial charge in [0.2, 0.25) is 23.6 Å². The molecule has 3 aliphatic rings. The molecule has 3 fully saturated rings. The average Bonchev–Trinajstić information content (AvgIpc) is 3.09. The minimum absolute atomic E-state index is 0.162. The highest BCUT2D eigenvalue weighted by atomic mass is 16.2. The van der Waals surface area contributed by atoms with Gasteiger partial charge in [-0.3, -0.25) is 39.1 Å². The van der Waals surface area contributed by atoms with Gasteiger partial charge in [-0.25, -0.2) is 0 Å². The highest BCUT2D eigenvalue weighted by Gasteiger charge is 2.59. The van der Waals surface area contributed by atoms with Gasteiger partial charge in [0.15, 0.2) is 0 Å². The molecule has 2 aliphatic carbocycles. The Morgan fingerprint density at radius 2 is 0.521 bits per heavy atom. The lowest BCUT2D eigenvalue weighted by Gasteiger charge is -2.51. The molecule has 12 nitrogen and oxygen atoms in total. The Balaban J connectivity index is 1.17. The Morgan fingerprint density at radius 3 is 0.708 bits per heavy atom. The summed E-state index contributed by atoms with van der Waals surface area (Å²) >= 11 is 0. The quantitative estimate of drug-likeness (QED) is 0.260. The largest absolute Gasteiger partial charge is 0.354 e. The van der Waals surface area contributed by atoms with E-state index >= 15 is 0 Å². The molecule has 1 aliphatic heterocycles. The summed E-state index contributed by atoms with van der Waals surface area (Å²) in [7, 11) is 0. The molecule has 8 unspecified atom stereocenters. The summed E-state index contributed by atoms with van der Waals surface area (Å²) in [6.07, 6.45) is 13.5. The fourth-order valence-electron chi connectivity index (χ4n) is 8.02. The van der Waals surface area contributed by atoms with Crippen LogP contribution in [-0.4, -0.2) is 69.7 Å². The molecule has 1 saturated heterocycles. The van der Waals surface area contributed by atoms with E-state index < -0.39 is 23.7 Å². The number of amides is 4. The van der Waals surface area contributed by atoms with Crippen LogP contribution in [0.25, 0.3) is 0 Å². The fourth-order valence-corrected chi connectivity index (χ4v) is 8.02. The number of hydrogen-bond donors (Lipinski definition) is 4. The predicted molar refractivity (Wildman–Crippen MR) is 174 cm³/mol. The lowest BCUT2D eigenvalue weighted by Crippen LogP contribution is -2.59. The Morgan fingerprint density at radius 1 is 0.333 bits per heavy atom. The fraction of sp³-hybridized carbons (Fsp3) is 0.333. The number of nitrogens with one attached hydrogen (secondary N) is 4. The lowest BCUT2D eigenvalue weighted by atomic mass is 9.52. The second kappa shape index (κ2) is 13.7. The monoisotopic (exact) mass is 644 g/mol. The third kappa shape index (κ3) is 5.78. The van der Waals surface area contributed by atoms with Gasteiger partial charge >= 0.3 is 0 Å². The number of nitrogens with zero attached hydrogens (tertiary/aromatic N) is 4. The number of hydrogen-bond acceptors (Lipinski definition) is 8. The zero-order chi connectivity index (χ0) is 33.0. The highest BCUT2D eigenvalue weighted by molar-refractivity contribution is 5.93. The van der Waals surface area contributed by atoms with Crippen molar-refractivity contribution in [1.29, 1.82) is 0 Å². The average molecular weight is 645 g/mol. The van der Waals surface area contributed by atoms with Crippen LogP contribution >= 0.6 is 0 Å². The standard InChI is InChI=1S/C36H36N8O4/c45-33-29-25(21-1-9-37-10-2-21)26(22-3-11-38-12-4-22)30(29)34(46)42-19-20-44-36(48)32-28(24-7-15-40-16-8-24)27(23-5-13-39-14-6-23)31(32)35(47)43-18-17-41-33/h1-16,25-32H,17-20H2,(H,41,45)(H,42,46)(H,43,47)(H,44,48). The number of rotatable bonds is 4. The smallest absolute Gasteiger partial charge is 0.224 e. The van der Waals surface area contributed by atoms with Crippen LogP contribution in [0.1, 0.15) is 45.9 Å². The second-order valence-corrected chi connectivity index (χ2v) is 12.5. The van der Waals surface area contributed by atoms with Crippen molar-refractivity contribution < 1.29 is 19.2 Å². The van der Waals surface area contributed by atoms with Crippen LogP contribution in [0.4, 0.5) is 0 Å². The zero-order valence-corrected chi connectivity index (χ0v) is 26.1. The molecule has 48 heavy (non-hydrogen) atoms. The Labute approximate surface area is 277 Å². The molecule has 8 atom stereocenters. The van der Waals surface area contributed by atoms with E-state index in [1.54, 1.807) is 49.6 Å². The number of carbonyl (C=O) groups excluding carboxylic acids is 4. The Hall–Kier alpha value is -5.52. The third-order valence-electron chi connectivity index (χ3n) is 10.1. The number of fused-ring (bicyclic) bond motifs is 2. The molecule has 2 saturated carbocycles. The molecule has 0 spiro atoms. The van der Waals surface area contributed by atoms with Crippen molar-refractivity contribution >= 4 is 23.6 Å². The van der Waals surface area contributed by atoms with Crippen LogP contribution in [0.15, 0.2) is 98.1 Å². The number of pyridine rings is 4. The van der Waals surface area contributed by atoms with Crippen LogP contribution in [0, 0.1) is 23.7 Å². The van der Waals surface area contributed by atoms with Crippen LogP contribution in [-0.2, 0) is 19.2 Å². The van der Waals surface area contributed by atoms with Gasteiger partial charge in [0, 0.05) is 99.4 Å². The summed E-state index contributed by atoms with van der Waals surface area (Å²) in [6, 6.07) is 15.0. The van der Waals surface area contributed by atoms with Crippen LogP contribution in [0.5, 0.6) is 0 Å². The molecular formula is C36H36N8O4. The number of carbonyl (C=O) groups is 4. The summed E-state index contributed by atoms with van der Waals surface area (Å²) in [4.78, 5) is 72.0. The molecule has 0 radical (unpaired) electrons. The number of aromatic nitrogens is 4. The Kier molecular flexibility index (Phi) is 8.87. The Bertz CT molecular complexity index is 1500. The molecule has 0 aromatic carbocycles. The summed E-state index contributed by atoms with van der Waals surface area (Å²) in [6.45, 7) is 0.650. The molecule has 5 heterocycles. The summed E-state index contributed by atoms with van der Waals surface area (Å²) in [5.41, 5.74) is 3.64. The SMILES string of the molecule is O=C1NCCNC(=O)C2C(C(=O)NCCNC(=O)C3C1C(c1ccncc1)C3c1ccncc1)C(c1ccncc1)C2c1ccncc1. The van der Waals surface area contributed by atoms with Gasteiger partial charge in [-0.1, -0.05) is 0 Å².